The minimum atomic E-state index is -0.724. The summed E-state index contributed by atoms with van der Waals surface area (Å²) >= 11 is 0. The second-order valence-electron chi connectivity index (χ2n) is 11.7. The second-order valence-corrected chi connectivity index (χ2v) is 14.3. The van der Waals surface area contributed by atoms with Gasteiger partial charge in [0.05, 0.1) is 12.1 Å². The average Bonchev–Trinajstić information content (AvgIpc) is 3.09. The number of hydrogen-bond acceptors (Lipinski definition) is 6. The van der Waals surface area contributed by atoms with Crippen molar-refractivity contribution >= 4 is 109 Å². The zero-order chi connectivity index (χ0) is 31.4. The van der Waals surface area contributed by atoms with Crippen LogP contribution in [-0.2, 0) is 9.59 Å². The molecule has 0 radical (unpaired) electrons. The minimum absolute atomic E-state index is 0.251. The molecular formula is C38H30N4O2S2. The lowest BCUT2D eigenvalue weighted by Crippen LogP contribution is -2.38. The molecule has 0 aliphatic rings. The summed E-state index contributed by atoms with van der Waals surface area (Å²) in [5.41, 5.74) is 14.1. The number of rotatable bonds is 9. The van der Waals surface area contributed by atoms with Gasteiger partial charge in [-0.3, -0.25) is 9.59 Å². The van der Waals surface area contributed by atoms with Gasteiger partial charge in [-0.25, -0.2) is 0 Å². The van der Waals surface area contributed by atoms with E-state index < -0.39 is 12.1 Å². The normalized spacial score (nSPS) is 13.3. The molecule has 226 valence electrons. The molecule has 0 bridgehead atoms. The predicted molar refractivity (Wildman–Crippen MR) is 198 cm³/mol. The molecule has 0 spiro atoms. The fraction of sp³-hybridized carbons (Fsp3) is 0.105. The molecule has 8 aromatic carbocycles. The molecule has 2 amide bonds. The van der Waals surface area contributed by atoms with Crippen LogP contribution in [0.4, 0.5) is 11.4 Å². The summed E-state index contributed by atoms with van der Waals surface area (Å²) in [6.45, 7) is 0. The first-order valence-electron chi connectivity index (χ1n) is 15.2. The molecule has 0 fully saturated rings. The first-order valence-corrected chi connectivity index (χ1v) is 17.7. The van der Waals surface area contributed by atoms with Gasteiger partial charge in [0, 0.05) is 33.7 Å². The summed E-state index contributed by atoms with van der Waals surface area (Å²) in [5, 5.41) is 19.7. The van der Waals surface area contributed by atoms with Gasteiger partial charge in [-0.1, -0.05) is 119 Å². The van der Waals surface area contributed by atoms with Crippen LogP contribution in [0.1, 0.15) is 0 Å². The summed E-state index contributed by atoms with van der Waals surface area (Å²) in [5.74, 6) is 0.260. The van der Waals surface area contributed by atoms with Gasteiger partial charge in [-0.05, 0) is 66.0 Å². The number of nitrogens with two attached hydrogens (primary N) is 2. The van der Waals surface area contributed by atoms with Crippen molar-refractivity contribution in [2.75, 3.05) is 22.1 Å². The molecule has 8 aromatic rings. The SMILES string of the molecule is N[C@@H](CSSC[C@H](N)C(=O)Nc1ccc2ccc3cccc4ccc1c2c34)C(=O)Nc1ccc2ccc3cccc4ccc1c2c34. The van der Waals surface area contributed by atoms with Gasteiger partial charge >= 0.3 is 0 Å². The number of anilines is 2. The quantitative estimate of drug-likeness (QED) is 0.0723. The lowest BCUT2D eigenvalue weighted by molar-refractivity contribution is -0.117. The van der Waals surface area contributed by atoms with Gasteiger partial charge in [0.15, 0.2) is 0 Å². The van der Waals surface area contributed by atoms with E-state index in [0.29, 0.717) is 11.5 Å². The highest BCUT2D eigenvalue weighted by molar-refractivity contribution is 8.76. The highest BCUT2D eigenvalue weighted by atomic mass is 33.1. The van der Waals surface area contributed by atoms with E-state index in [-0.39, 0.29) is 11.8 Å². The van der Waals surface area contributed by atoms with Gasteiger partial charge in [0.25, 0.3) is 0 Å². The fourth-order valence-corrected chi connectivity index (χ4v) is 8.78. The van der Waals surface area contributed by atoms with E-state index in [1.165, 1.54) is 53.9 Å². The zero-order valence-corrected chi connectivity index (χ0v) is 26.4. The third-order valence-corrected chi connectivity index (χ3v) is 11.3. The highest BCUT2D eigenvalue weighted by Crippen LogP contribution is 2.39. The van der Waals surface area contributed by atoms with Crippen LogP contribution in [0.15, 0.2) is 109 Å². The van der Waals surface area contributed by atoms with E-state index in [0.717, 1.165) is 43.7 Å². The van der Waals surface area contributed by atoms with E-state index in [9.17, 15) is 9.59 Å². The molecule has 46 heavy (non-hydrogen) atoms. The Balaban J connectivity index is 0.889. The summed E-state index contributed by atoms with van der Waals surface area (Å²) in [4.78, 5) is 26.2. The minimum Gasteiger partial charge on any atom is -0.324 e. The summed E-state index contributed by atoms with van der Waals surface area (Å²) in [7, 11) is 2.88. The summed E-state index contributed by atoms with van der Waals surface area (Å²) in [6, 6.07) is 35.9. The Labute approximate surface area is 272 Å². The van der Waals surface area contributed by atoms with Gasteiger partial charge in [-0.2, -0.15) is 0 Å². The number of benzene rings is 8. The molecule has 2 atom stereocenters. The van der Waals surface area contributed by atoms with Crippen LogP contribution in [0.2, 0.25) is 0 Å². The number of carbonyl (C=O) groups is 2. The Bertz CT molecular complexity index is 2230. The Morgan fingerprint density at radius 2 is 0.804 bits per heavy atom. The second kappa shape index (κ2) is 11.6. The Kier molecular flexibility index (Phi) is 7.30. The van der Waals surface area contributed by atoms with Crippen molar-refractivity contribution in [1.29, 1.82) is 0 Å². The maximum atomic E-state index is 13.1. The van der Waals surface area contributed by atoms with Crippen LogP contribution < -0.4 is 22.1 Å². The van der Waals surface area contributed by atoms with Crippen molar-refractivity contribution in [2.45, 2.75) is 12.1 Å². The molecule has 0 aliphatic carbocycles. The number of amides is 2. The summed E-state index contributed by atoms with van der Waals surface area (Å²) in [6.07, 6.45) is 0. The maximum absolute atomic E-state index is 13.1. The van der Waals surface area contributed by atoms with E-state index in [1.54, 1.807) is 0 Å². The highest BCUT2D eigenvalue weighted by Gasteiger charge is 2.20. The smallest absolute Gasteiger partial charge is 0.242 e. The molecule has 0 saturated carbocycles. The molecule has 0 saturated heterocycles. The van der Waals surface area contributed by atoms with E-state index in [1.807, 2.05) is 24.3 Å². The maximum Gasteiger partial charge on any atom is 0.242 e. The summed E-state index contributed by atoms with van der Waals surface area (Å²) < 4.78 is 0. The third kappa shape index (κ3) is 4.94. The van der Waals surface area contributed by atoms with Crippen LogP contribution in [0.5, 0.6) is 0 Å². The Morgan fingerprint density at radius 1 is 0.478 bits per heavy atom. The topological polar surface area (TPSA) is 110 Å². The lowest BCUT2D eigenvalue weighted by atomic mass is 9.93. The predicted octanol–water partition coefficient (Wildman–Crippen LogP) is 8.09. The van der Waals surface area contributed by atoms with Gasteiger partial charge < -0.3 is 22.1 Å². The molecule has 6 N–H and O–H groups in total. The van der Waals surface area contributed by atoms with Crippen molar-refractivity contribution in [1.82, 2.24) is 0 Å². The Morgan fingerprint density at radius 3 is 1.20 bits per heavy atom. The molecule has 0 aliphatic heterocycles. The number of nitrogens with one attached hydrogen (secondary N) is 2. The van der Waals surface area contributed by atoms with E-state index in [4.69, 9.17) is 11.5 Å². The average molecular weight is 639 g/mol. The number of carbonyl (C=O) groups excluding carboxylic acids is 2. The van der Waals surface area contributed by atoms with Crippen LogP contribution in [0, 0.1) is 0 Å². The molecule has 0 heterocycles. The van der Waals surface area contributed by atoms with Crippen molar-refractivity contribution in [3.05, 3.63) is 109 Å². The molecule has 8 heteroatoms. The van der Waals surface area contributed by atoms with Gasteiger partial charge in [-0.15, -0.1) is 0 Å². The standard InChI is InChI=1S/C38H30N4O2S2/c39-29(37(43)41-31-17-13-25-9-7-21-3-1-5-23-11-15-27(31)35(25)33(21)23)19-45-46-20-30(40)38(44)42-32-18-14-26-10-8-22-4-2-6-24-12-16-28(32)36(26)34(22)24/h1-18,29-30H,19-20,39-40H2,(H,41,43)(H,42,44)/t29-,30-/m0/s1. The Hall–Kier alpha value is -4.60. The first-order chi connectivity index (χ1) is 22.5. The fourth-order valence-electron chi connectivity index (χ4n) is 6.53. The molecular weight excluding hydrogens is 609 g/mol. The molecule has 6 nitrogen and oxygen atoms in total. The van der Waals surface area contributed by atoms with Crippen LogP contribution >= 0.6 is 21.6 Å². The number of hydrogen-bond donors (Lipinski definition) is 4. The van der Waals surface area contributed by atoms with Crippen LogP contribution in [0.25, 0.3) is 64.6 Å². The largest absolute Gasteiger partial charge is 0.324 e. The zero-order valence-electron chi connectivity index (χ0n) is 24.7. The van der Waals surface area contributed by atoms with Crippen molar-refractivity contribution in [3.8, 4) is 0 Å². The molecule has 0 aromatic heterocycles. The lowest BCUT2D eigenvalue weighted by Gasteiger charge is -2.17. The molecule has 0 unspecified atom stereocenters. The van der Waals surface area contributed by atoms with Crippen LogP contribution in [-0.4, -0.2) is 35.4 Å². The third-order valence-electron chi connectivity index (χ3n) is 8.83. The van der Waals surface area contributed by atoms with Gasteiger partial charge in [0.1, 0.15) is 0 Å². The first kappa shape index (κ1) is 28.8. The van der Waals surface area contributed by atoms with E-state index >= 15 is 0 Å². The molecule has 8 rings (SSSR count). The monoisotopic (exact) mass is 638 g/mol. The van der Waals surface area contributed by atoms with E-state index in [2.05, 4.69) is 95.6 Å². The van der Waals surface area contributed by atoms with Crippen molar-refractivity contribution < 1.29 is 9.59 Å². The van der Waals surface area contributed by atoms with Crippen molar-refractivity contribution in [2.24, 2.45) is 11.5 Å². The van der Waals surface area contributed by atoms with Crippen molar-refractivity contribution in [3.63, 3.8) is 0 Å². The van der Waals surface area contributed by atoms with Gasteiger partial charge in [0.2, 0.25) is 11.8 Å². The van der Waals surface area contributed by atoms with Crippen LogP contribution in [0.3, 0.4) is 0 Å².